The summed E-state index contributed by atoms with van der Waals surface area (Å²) in [4.78, 5) is 0. The van der Waals surface area contributed by atoms with Crippen molar-refractivity contribution in [2.75, 3.05) is 0 Å². The van der Waals surface area contributed by atoms with Gasteiger partial charge in [0, 0.05) is 10.8 Å². The largest absolute Gasteiger partial charge is 0.465 e. The number of ether oxygens (including phenoxy) is 2. The van der Waals surface area contributed by atoms with E-state index in [2.05, 4.69) is 97.1 Å². The average Bonchev–Trinajstić information content (AvgIpc) is 3.27. The quantitative estimate of drug-likeness (QED) is 0.212. The van der Waals surface area contributed by atoms with Crippen molar-refractivity contribution in [2.24, 2.45) is 0 Å². The highest BCUT2D eigenvalue weighted by molar-refractivity contribution is 6.00. The Balaban J connectivity index is 1.66. The number of aliphatic hydroxyl groups excluding tert-OH is 2. The Morgan fingerprint density at radius 3 is 1.24 bits per heavy atom. The molecule has 6 aromatic carbocycles. The van der Waals surface area contributed by atoms with Gasteiger partial charge in [-0.2, -0.15) is 0 Å². The van der Waals surface area contributed by atoms with Crippen LogP contribution in [-0.2, 0) is 5.41 Å². The highest BCUT2D eigenvalue weighted by atomic mass is 16.6. The molecule has 6 aromatic rings. The van der Waals surface area contributed by atoms with Gasteiger partial charge in [-0.15, -0.1) is 0 Å². The van der Waals surface area contributed by atoms with Gasteiger partial charge in [0.25, 0.3) is 0 Å². The van der Waals surface area contributed by atoms with Crippen LogP contribution in [0.1, 0.15) is 36.1 Å². The third-order valence-electron chi connectivity index (χ3n) is 8.12. The fraction of sp³-hybridized carbons (Fsp3) is 0.135. The van der Waals surface area contributed by atoms with Crippen LogP contribution in [0, 0.1) is 0 Å². The summed E-state index contributed by atoms with van der Waals surface area (Å²) in [5, 5.41) is 24.1. The van der Waals surface area contributed by atoms with E-state index in [4.69, 9.17) is 9.47 Å². The molecule has 0 bridgehead atoms. The maximum Gasteiger partial charge on any atom is 0.194 e. The van der Waals surface area contributed by atoms with Crippen molar-refractivity contribution in [3.05, 3.63) is 144 Å². The summed E-state index contributed by atoms with van der Waals surface area (Å²) in [5.41, 5.74) is 6.37. The number of hydrogen-bond acceptors (Lipinski definition) is 4. The molecule has 0 saturated carbocycles. The molecule has 2 unspecified atom stereocenters. The van der Waals surface area contributed by atoms with E-state index in [0.29, 0.717) is 11.5 Å². The molecule has 1 aliphatic carbocycles. The minimum atomic E-state index is -0.934. The second kappa shape index (κ2) is 9.77. The minimum Gasteiger partial charge on any atom is -0.465 e. The lowest BCUT2D eigenvalue weighted by molar-refractivity contribution is 0.000300. The van der Waals surface area contributed by atoms with E-state index in [1.807, 2.05) is 24.3 Å². The first-order valence-electron chi connectivity index (χ1n) is 13.9. The maximum absolute atomic E-state index is 10.1. The molecular formula is C37H30O4. The zero-order chi connectivity index (χ0) is 28.1. The zero-order valence-electron chi connectivity index (χ0n) is 22.9. The molecule has 1 aliphatic rings. The lowest BCUT2D eigenvalue weighted by Crippen LogP contribution is -2.29. The highest BCUT2D eigenvalue weighted by Gasteiger charge is 2.47. The fourth-order valence-corrected chi connectivity index (χ4v) is 6.75. The van der Waals surface area contributed by atoms with Crippen LogP contribution in [-0.4, -0.2) is 22.8 Å². The Morgan fingerprint density at radius 1 is 0.439 bits per heavy atom. The number of fused-ring (bicyclic) bond motifs is 5. The monoisotopic (exact) mass is 538 g/mol. The van der Waals surface area contributed by atoms with E-state index in [1.54, 1.807) is 13.8 Å². The molecule has 41 heavy (non-hydrogen) atoms. The van der Waals surface area contributed by atoms with Crippen LogP contribution in [0.4, 0.5) is 0 Å². The lowest BCUT2D eigenvalue weighted by Gasteiger charge is -2.36. The molecule has 0 aliphatic heterocycles. The molecule has 0 heterocycles. The summed E-state index contributed by atoms with van der Waals surface area (Å²) < 4.78 is 11.7. The zero-order valence-corrected chi connectivity index (χ0v) is 22.9. The highest BCUT2D eigenvalue weighted by Crippen LogP contribution is 2.58. The van der Waals surface area contributed by atoms with E-state index in [-0.39, 0.29) is 0 Å². The van der Waals surface area contributed by atoms with Crippen molar-refractivity contribution in [3.8, 4) is 22.6 Å². The van der Waals surface area contributed by atoms with Gasteiger partial charge in [-0.1, -0.05) is 109 Å². The summed E-state index contributed by atoms with van der Waals surface area (Å²) in [6, 6.07) is 42.0. The van der Waals surface area contributed by atoms with Crippen LogP contribution in [0.2, 0.25) is 0 Å². The Morgan fingerprint density at radius 2 is 0.805 bits per heavy atom. The van der Waals surface area contributed by atoms with Gasteiger partial charge in [0.05, 0.1) is 5.41 Å². The molecule has 4 heteroatoms. The van der Waals surface area contributed by atoms with Crippen LogP contribution in [0.5, 0.6) is 11.5 Å². The van der Waals surface area contributed by atoms with Crippen molar-refractivity contribution in [2.45, 2.75) is 31.8 Å². The first kappa shape index (κ1) is 25.3. The number of benzene rings is 6. The van der Waals surface area contributed by atoms with Crippen LogP contribution in [0.15, 0.2) is 121 Å². The van der Waals surface area contributed by atoms with E-state index < -0.39 is 18.0 Å². The van der Waals surface area contributed by atoms with Gasteiger partial charge in [0.1, 0.15) is 11.5 Å². The molecule has 4 nitrogen and oxygen atoms in total. The number of rotatable bonds is 6. The van der Waals surface area contributed by atoms with Crippen LogP contribution >= 0.6 is 0 Å². The topological polar surface area (TPSA) is 58.9 Å². The van der Waals surface area contributed by atoms with Crippen LogP contribution in [0.25, 0.3) is 32.7 Å². The normalized spacial score (nSPS) is 14.8. The van der Waals surface area contributed by atoms with E-state index in [1.165, 1.54) is 22.3 Å². The van der Waals surface area contributed by atoms with Crippen molar-refractivity contribution >= 4 is 21.5 Å². The van der Waals surface area contributed by atoms with Crippen LogP contribution < -0.4 is 9.47 Å². The van der Waals surface area contributed by atoms with Gasteiger partial charge in [0.2, 0.25) is 0 Å². The fourth-order valence-electron chi connectivity index (χ4n) is 6.75. The van der Waals surface area contributed by atoms with Gasteiger partial charge in [-0.3, -0.25) is 0 Å². The van der Waals surface area contributed by atoms with Gasteiger partial charge in [-0.05, 0) is 70.1 Å². The molecule has 0 saturated heterocycles. The third-order valence-corrected chi connectivity index (χ3v) is 8.12. The van der Waals surface area contributed by atoms with Crippen molar-refractivity contribution < 1.29 is 19.7 Å². The van der Waals surface area contributed by atoms with Crippen molar-refractivity contribution in [1.29, 1.82) is 0 Å². The molecule has 2 atom stereocenters. The molecule has 0 amide bonds. The second-order valence-electron chi connectivity index (χ2n) is 10.6. The predicted molar refractivity (Wildman–Crippen MR) is 163 cm³/mol. The molecular weight excluding hydrogens is 508 g/mol. The molecule has 2 N–H and O–H groups in total. The molecule has 0 radical (unpaired) electrons. The van der Waals surface area contributed by atoms with E-state index in [0.717, 1.165) is 32.7 Å². The van der Waals surface area contributed by atoms with E-state index in [9.17, 15) is 10.2 Å². The number of hydrogen-bond donors (Lipinski definition) is 2. The standard InChI is InChI=1S/C37H30O4/c1-23(38)40-35-21-9-13-27-29(35)15-7-19-33(27)37(31-17-5-3-11-25(31)26-12-4-6-18-32(26)37)34-20-8-16-30-28(34)14-10-22-36(30)41-24(2)39/h3-24,38-39H,1-2H3. The van der Waals surface area contributed by atoms with Crippen LogP contribution in [0.3, 0.4) is 0 Å². The molecule has 202 valence electrons. The summed E-state index contributed by atoms with van der Waals surface area (Å²) >= 11 is 0. The van der Waals surface area contributed by atoms with Crippen molar-refractivity contribution in [1.82, 2.24) is 0 Å². The summed E-state index contributed by atoms with van der Waals surface area (Å²) in [5.74, 6) is 1.28. The van der Waals surface area contributed by atoms with Gasteiger partial charge in [0.15, 0.2) is 12.6 Å². The number of aliphatic hydroxyl groups is 2. The van der Waals surface area contributed by atoms with Gasteiger partial charge < -0.3 is 19.7 Å². The Bertz CT molecular complexity index is 1780. The average molecular weight is 539 g/mol. The summed E-state index contributed by atoms with van der Waals surface area (Å²) in [7, 11) is 0. The maximum atomic E-state index is 10.1. The third kappa shape index (κ3) is 3.83. The van der Waals surface area contributed by atoms with Gasteiger partial charge >= 0.3 is 0 Å². The molecule has 0 aromatic heterocycles. The molecule has 7 rings (SSSR count). The second-order valence-corrected chi connectivity index (χ2v) is 10.6. The Labute approximate surface area is 239 Å². The predicted octanol–water partition coefficient (Wildman–Crippen LogP) is 7.79. The first-order chi connectivity index (χ1) is 20.0. The lowest BCUT2D eigenvalue weighted by atomic mass is 9.65. The van der Waals surface area contributed by atoms with Gasteiger partial charge in [-0.25, -0.2) is 0 Å². The van der Waals surface area contributed by atoms with E-state index >= 15 is 0 Å². The molecule has 0 fully saturated rings. The Kier molecular flexibility index (Phi) is 6.04. The summed E-state index contributed by atoms with van der Waals surface area (Å²) in [6.07, 6.45) is -1.87. The minimum absolute atomic E-state index is 0.639. The summed E-state index contributed by atoms with van der Waals surface area (Å²) in [6.45, 7) is 3.24. The first-order valence-corrected chi connectivity index (χ1v) is 13.9. The SMILES string of the molecule is CC(O)Oc1cccc2c(C3(c4cccc5c(OC(C)O)cccc45)c4ccccc4-c4ccccc43)cccc12. The van der Waals surface area contributed by atoms with Crippen molar-refractivity contribution in [3.63, 3.8) is 0 Å². The Hall–Kier alpha value is -4.64. The molecule has 0 spiro atoms. The smallest absolute Gasteiger partial charge is 0.194 e.